The van der Waals surface area contributed by atoms with Crippen LogP contribution in [0.15, 0.2) is 30.3 Å². The highest BCUT2D eigenvalue weighted by Crippen LogP contribution is 2.38. The molecule has 1 amide bonds. The molecule has 0 aromatic heterocycles. The van der Waals surface area contributed by atoms with E-state index in [9.17, 15) is 22.4 Å². The number of carbonyl (C=O) groups is 1. The number of nitrogens with one attached hydrogen (secondary N) is 1. The Bertz CT molecular complexity index is 845. The average molecular weight is 382 g/mol. The number of carbonyl (C=O) groups excluding carboxylic acids is 1. The number of benzene rings is 2. The first kappa shape index (κ1) is 20.7. The van der Waals surface area contributed by atoms with Crippen molar-refractivity contribution in [2.75, 3.05) is 19.4 Å². The van der Waals surface area contributed by atoms with Gasteiger partial charge < -0.3 is 10.2 Å². The molecule has 0 radical (unpaired) electrons. The summed E-state index contributed by atoms with van der Waals surface area (Å²) >= 11 is 0. The molecule has 3 nitrogen and oxygen atoms in total. The molecule has 0 atom stereocenters. The lowest BCUT2D eigenvalue weighted by molar-refractivity contribution is -0.140. The maximum atomic E-state index is 14.6. The van der Waals surface area contributed by atoms with Gasteiger partial charge in [0.05, 0.1) is 17.7 Å². The predicted molar refractivity (Wildman–Crippen MR) is 97.6 cm³/mol. The van der Waals surface area contributed by atoms with Gasteiger partial charge in [-0.1, -0.05) is 30.7 Å². The Balaban J connectivity index is 2.47. The first-order chi connectivity index (χ1) is 12.5. The minimum atomic E-state index is -4.79. The molecule has 27 heavy (non-hydrogen) atoms. The third kappa shape index (κ3) is 4.78. The van der Waals surface area contributed by atoms with Gasteiger partial charge in [-0.25, -0.2) is 4.39 Å². The molecule has 2 rings (SSSR count). The fourth-order valence-corrected chi connectivity index (χ4v) is 2.77. The molecule has 0 aliphatic rings. The molecule has 0 saturated heterocycles. The van der Waals surface area contributed by atoms with Crippen LogP contribution in [0, 0.1) is 12.7 Å². The van der Waals surface area contributed by atoms with Crippen LogP contribution < -0.4 is 5.32 Å². The Labute approximate surface area is 156 Å². The van der Waals surface area contributed by atoms with Crippen molar-refractivity contribution in [1.29, 1.82) is 0 Å². The van der Waals surface area contributed by atoms with Crippen LogP contribution in [0.5, 0.6) is 0 Å². The lowest BCUT2D eigenvalue weighted by Crippen LogP contribution is -2.24. The summed E-state index contributed by atoms with van der Waals surface area (Å²) in [4.78, 5) is 13.5. The van der Waals surface area contributed by atoms with Crippen LogP contribution in [0.4, 0.5) is 28.9 Å². The molecule has 0 spiro atoms. The number of amides is 1. The van der Waals surface area contributed by atoms with Crippen LogP contribution in [-0.4, -0.2) is 24.9 Å². The van der Waals surface area contributed by atoms with E-state index in [4.69, 9.17) is 0 Å². The van der Waals surface area contributed by atoms with Crippen LogP contribution >= 0.6 is 0 Å². The molecular formula is C20H22F4N2O. The zero-order valence-corrected chi connectivity index (χ0v) is 15.7. The van der Waals surface area contributed by atoms with Crippen molar-refractivity contribution in [3.05, 3.63) is 58.4 Å². The van der Waals surface area contributed by atoms with Crippen LogP contribution in [0.1, 0.15) is 29.2 Å². The van der Waals surface area contributed by atoms with E-state index >= 15 is 0 Å². The molecule has 1 N–H and O–H groups in total. The standard InChI is InChI=1S/C20H22F4N2O/c1-5-13-7-9-16(19(21)18(13)20(22,23)24)25-15-8-6-12(2)10-14(15)11-17(27)26(3)4/h6-10,25H,5,11H2,1-4H3. The van der Waals surface area contributed by atoms with E-state index < -0.39 is 17.6 Å². The largest absolute Gasteiger partial charge is 0.419 e. The fourth-order valence-electron chi connectivity index (χ4n) is 2.77. The summed E-state index contributed by atoms with van der Waals surface area (Å²) in [5, 5.41) is 2.73. The first-order valence-electron chi connectivity index (χ1n) is 8.49. The van der Waals surface area contributed by atoms with Gasteiger partial charge in [0.25, 0.3) is 0 Å². The van der Waals surface area contributed by atoms with Gasteiger partial charge in [-0.15, -0.1) is 0 Å². The lowest BCUT2D eigenvalue weighted by atomic mass is 10.0. The summed E-state index contributed by atoms with van der Waals surface area (Å²) in [5.74, 6) is -1.51. The third-order valence-corrected chi connectivity index (χ3v) is 4.26. The number of nitrogens with zero attached hydrogens (tertiary/aromatic N) is 1. The Kier molecular flexibility index (Phi) is 6.13. The molecule has 0 saturated carbocycles. The van der Waals surface area contributed by atoms with Crippen molar-refractivity contribution < 1.29 is 22.4 Å². The van der Waals surface area contributed by atoms with Gasteiger partial charge in [0.15, 0.2) is 5.82 Å². The molecule has 0 aliphatic carbocycles. The van der Waals surface area contributed by atoms with Gasteiger partial charge in [-0.2, -0.15) is 13.2 Å². The van der Waals surface area contributed by atoms with Gasteiger partial charge in [-0.05, 0) is 36.6 Å². The molecular weight excluding hydrogens is 360 g/mol. The second-order valence-electron chi connectivity index (χ2n) is 6.56. The normalized spacial score (nSPS) is 11.4. The number of hydrogen-bond acceptors (Lipinski definition) is 2. The second-order valence-corrected chi connectivity index (χ2v) is 6.56. The van der Waals surface area contributed by atoms with Gasteiger partial charge in [0.2, 0.25) is 5.91 Å². The molecule has 0 heterocycles. The van der Waals surface area contributed by atoms with E-state index in [0.29, 0.717) is 11.3 Å². The van der Waals surface area contributed by atoms with Gasteiger partial charge >= 0.3 is 6.18 Å². The first-order valence-corrected chi connectivity index (χ1v) is 8.49. The number of likely N-dealkylation sites (N-methyl/N-ethyl adjacent to an activating group) is 1. The third-order valence-electron chi connectivity index (χ3n) is 4.26. The number of anilines is 2. The molecule has 2 aromatic carbocycles. The summed E-state index contributed by atoms with van der Waals surface area (Å²) < 4.78 is 54.5. The minimum Gasteiger partial charge on any atom is -0.353 e. The quantitative estimate of drug-likeness (QED) is 0.731. The number of hydrogen-bond donors (Lipinski definition) is 1. The Morgan fingerprint density at radius 1 is 1.07 bits per heavy atom. The molecule has 0 aliphatic heterocycles. The molecule has 0 fully saturated rings. The van der Waals surface area contributed by atoms with Crippen LogP contribution in [0.3, 0.4) is 0 Å². The predicted octanol–water partition coefficient (Wildman–Crippen LogP) is 5.09. The van der Waals surface area contributed by atoms with Gasteiger partial charge in [0.1, 0.15) is 0 Å². The summed E-state index contributed by atoms with van der Waals surface area (Å²) in [6.07, 6.45) is -4.67. The van der Waals surface area contributed by atoms with Gasteiger partial charge in [0, 0.05) is 19.8 Å². The summed E-state index contributed by atoms with van der Waals surface area (Å²) in [6, 6.07) is 7.70. The van der Waals surface area contributed by atoms with Crippen LogP contribution in [-0.2, 0) is 23.8 Å². The molecule has 146 valence electrons. The number of halogens is 4. The van der Waals surface area contributed by atoms with E-state index in [1.54, 1.807) is 39.2 Å². The van der Waals surface area contributed by atoms with Crippen molar-refractivity contribution >= 4 is 17.3 Å². The van der Waals surface area contributed by atoms with Crippen molar-refractivity contribution in [2.45, 2.75) is 32.9 Å². The van der Waals surface area contributed by atoms with Crippen molar-refractivity contribution in [2.24, 2.45) is 0 Å². The zero-order chi connectivity index (χ0) is 20.4. The number of rotatable bonds is 5. The van der Waals surface area contributed by atoms with Crippen LogP contribution in [0.25, 0.3) is 0 Å². The minimum absolute atomic E-state index is 0.0534. The molecule has 0 unspecified atom stereocenters. The highest BCUT2D eigenvalue weighted by atomic mass is 19.4. The molecule has 0 bridgehead atoms. The van der Waals surface area contributed by atoms with E-state index in [2.05, 4.69) is 5.32 Å². The van der Waals surface area contributed by atoms with E-state index in [1.165, 1.54) is 17.0 Å². The number of alkyl halides is 3. The Morgan fingerprint density at radius 3 is 2.26 bits per heavy atom. The van der Waals surface area contributed by atoms with Gasteiger partial charge in [-0.3, -0.25) is 4.79 Å². The van der Waals surface area contributed by atoms with E-state index in [-0.39, 0.29) is 30.0 Å². The average Bonchev–Trinajstić information content (AvgIpc) is 2.57. The topological polar surface area (TPSA) is 32.3 Å². The second kappa shape index (κ2) is 7.98. The smallest absolute Gasteiger partial charge is 0.353 e. The highest BCUT2D eigenvalue weighted by molar-refractivity contribution is 5.81. The van der Waals surface area contributed by atoms with Crippen molar-refractivity contribution in [3.8, 4) is 0 Å². The maximum Gasteiger partial charge on any atom is 0.419 e. The summed E-state index contributed by atoms with van der Waals surface area (Å²) in [6.45, 7) is 3.38. The SMILES string of the molecule is CCc1ccc(Nc2ccc(C)cc2CC(=O)N(C)C)c(F)c1C(F)(F)F. The Hall–Kier alpha value is -2.57. The molecule has 7 heteroatoms. The van der Waals surface area contributed by atoms with Crippen molar-refractivity contribution in [3.63, 3.8) is 0 Å². The fraction of sp³-hybridized carbons (Fsp3) is 0.350. The lowest BCUT2D eigenvalue weighted by Gasteiger charge is -2.19. The van der Waals surface area contributed by atoms with E-state index in [1.807, 2.05) is 6.92 Å². The van der Waals surface area contributed by atoms with Crippen molar-refractivity contribution in [1.82, 2.24) is 4.90 Å². The number of aryl methyl sites for hydroxylation is 2. The highest BCUT2D eigenvalue weighted by Gasteiger charge is 2.37. The van der Waals surface area contributed by atoms with E-state index in [0.717, 1.165) is 5.56 Å². The zero-order valence-electron chi connectivity index (χ0n) is 15.7. The summed E-state index contributed by atoms with van der Waals surface area (Å²) in [5.41, 5.74) is 0.237. The molecule has 2 aromatic rings. The van der Waals surface area contributed by atoms with Crippen LogP contribution in [0.2, 0.25) is 0 Å². The Morgan fingerprint density at radius 2 is 1.70 bits per heavy atom. The maximum absolute atomic E-state index is 14.6. The monoisotopic (exact) mass is 382 g/mol. The summed E-state index contributed by atoms with van der Waals surface area (Å²) in [7, 11) is 3.23.